The Morgan fingerprint density at radius 3 is 2.47 bits per heavy atom. The molecule has 0 radical (unpaired) electrons. The van der Waals surface area contributed by atoms with Crippen LogP contribution in [0.15, 0.2) is 36.4 Å². The van der Waals surface area contributed by atoms with Crippen molar-refractivity contribution in [1.29, 1.82) is 0 Å². The van der Waals surface area contributed by atoms with Crippen LogP contribution in [-0.4, -0.2) is 52.3 Å². The molecule has 0 aliphatic carbocycles. The second-order valence-corrected chi connectivity index (χ2v) is 7.62. The molecule has 1 aliphatic rings. The average Bonchev–Trinajstić information content (AvgIpc) is 3.02. The van der Waals surface area contributed by atoms with Gasteiger partial charge in [0.15, 0.2) is 5.65 Å². The third-order valence-corrected chi connectivity index (χ3v) is 5.66. The van der Waals surface area contributed by atoms with Gasteiger partial charge in [-0.3, -0.25) is 9.48 Å². The summed E-state index contributed by atoms with van der Waals surface area (Å²) in [6, 6.07) is 11.9. The number of fused-ring (bicyclic) bond motifs is 1. The molecular formula is C22H29Cl2N5O. The fourth-order valence-electron chi connectivity index (χ4n) is 4.17. The van der Waals surface area contributed by atoms with Crippen LogP contribution in [0.1, 0.15) is 28.9 Å². The molecule has 1 aromatic carbocycles. The molecule has 1 fully saturated rings. The maximum absolute atomic E-state index is 13.5. The van der Waals surface area contributed by atoms with E-state index in [0.717, 1.165) is 60.5 Å². The molecule has 8 heteroatoms. The normalized spacial score (nSPS) is 14.3. The summed E-state index contributed by atoms with van der Waals surface area (Å²) in [7, 11) is 3.87. The number of benzene rings is 1. The first-order chi connectivity index (χ1) is 13.6. The molecule has 162 valence electrons. The van der Waals surface area contributed by atoms with Crippen molar-refractivity contribution in [1.82, 2.24) is 25.0 Å². The molecule has 0 spiro atoms. The minimum Gasteiger partial charge on any atom is -0.339 e. The van der Waals surface area contributed by atoms with E-state index in [1.165, 1.54) is 0 Å². The Labute approximate surface area is 189 Å². The fraction of sp³-hybridized carbons (Fsp3) is 0.409. The number of carbonyl (C=O) groups excluding carboxylic acids is 1. The standard InChI is InChI=1S/C22H27N5O.2ClH/c1-15-20-18(22(28)27-11-9-16(10-12-27)14-23-2)13-19(17-7-5-4-6-8-17)24-21(20)26(3)25-15;;/h4-8,13,16,23H,9-12,14H2,1-3H3;2*1H. The maximum atomic E-state index is 13.5. The number of piperidine rings is 1. The summed E-state index contributed by atoms with van der Waals surface area (Å²) < 4.78 is 1.77. The molecule has 0 bridgehead atoms. The van der Waals surface area contributed by atoms with Crippen LogP contribution in [0.4, 0.5) is 0 Å². The van der Waals surface area contributed by atoms with Crippen LogP contribution in [0.5, 0.6) is 0 Å². The van der Waals surface area contributed by atoms with Gasteiger partial charge < -0.3 is 10.2 Å². The van der Waals surface area contributed by atoms with Gasteiger partial charge in [0, 0.05) is 25.7 Å². The minimum atomic E-state index is 0. The number of rotatable bonds is 4. The molecular weight excluding hydrogens is 421 g/mol. The number of aryl methyl sites for hydroxylation is 2. The van der Waals surface area contributed by atoms with E-state index in [0.29, 0.717) is 11.5 Å². The number of carbonyl (C=O) groups is 1. The third-order valence-electron chi connectivity index (χ3n) is 5.66. The van der Waals surface area contributed by atoms with E-state index in [-0.39, 0.29) is 30.7 Å². The number of pyridine rings is 1. The number of nitrogens with zero attached hydrogens (tertiary/aromatic N) is 4. The van der Waals surface area contributed by atoms with Crippen molar-refractivity contribution in [2.75, 3.05) is 26.7 Å². The van der Waals surface area contributed by atoms with Crippen molar-refractivity contribution in [3.8, 4) is 11.3 Å². The number of aromatic nitrogens is 3. The summed E-state index contributed by atoms with van der Waals surface area (Å²) in [5, 5.41) is 8.64. The first-order valence-electron chi connectivity index (χ1n) is 9.92. The Bertz CT molecular complexity index is 998. The van der Waals surface area contributed by atoms with E-state index < -0.39 is 0 Å². The predicted octanol–water partition coefficient (Wildman–Crippen LogP) is 3.86. The van der Waals surface area contributed by atoms with Crippen molar-refractivity contribution in [2.24, 2.45) is 13.0 Å². The molecule has 0 unspecified atom stereocenters. The van der Waals surface area contributed by atoms with Crippen molar-refractivity contribution in [3.05, 3.63) is 47.7 Å². The molecule has 1 N–H and O–H groups in total. The summed E-state index contributed by atoms with van der Waals surface area (Å²) in [6.07, 6.45) is 2.08. The largest absolute Gasteiger partial charge is 0.339 e. The number of nitrogens with one attached hydrogen (secondary N) is 1. The van der Waals surface area contributed by atoms with Crippen LogP contribution < -0.4 is 5.32 Å². The monoisotopic (exact) mass is 449 g/mol. The Morgan fingerprint density at radius 2 is 1.83 bits per heavy atom. The predicted molar refractivity (Wildman–Crippen MR) is 126 cm³/mol. The van der Waals surface area contributed by atoms with E-state index in [1.54, 1.807) is 4.68 Å². The molecule has 3 aromatic rings. The Kier molecular flexibility index (Phi) is 8.24. The minimum absolute atomic E-state index is 0. The summed E-state index contributed by atoms with van der Waals surface area (Å²) in [6.45, 7) is 4.56. The van der Waals surface area contributed by atoms with Crippen LogP contribution in [0.3, 0.4) is 0 Å². The summed E-state index contributed by atoms with van der Waals surface area (Å²) in [5.74, 6) is 0.732. The highest BCUT2D eigenvalue weighted by Crippen LogP contribution is 2.29. The van der Waals surface area contributed by atoms with Crippen LogP contribution in [0.25, 0.3) is 22.3 Å². The highest BCUT2D eigenvalue weighted by Gasteiger charge is 2.26. The second kappa shape index (κ2) is 10.2. The molecule has 6 nitrogen and oxygen atoms in total. The van der Waals surface area contributed by atoms with Gasteiger partial charge >= 0.3 is 0 Å². The van der Waals surface area contributed by atoms with Gasteiger partial charge in [-0.25, -0.2) is 4.98 Å². The van der Waals surface area contributed by atoms with Crippen LogP contribution in [0.2, 0.25) is 0 Å². The van der Waals surface area contributed by atoms with Gasteiger partial charge in [-0.1, -0.05) is 30.3 Å². The van der Waals surface area contributed by atoms with E-state index in [1.807, 2.05) is 62.3 Å². The smallest absolute Gasteiger partial charge is 0.254 e. The summed E-state index contributed by atoms with van der Waals surface area (Å²) >= 11 is 0. The quantitative estimate of drug-likeness (QED) is 0.656. The van der Waals surface area contributed by atoms with Crippen LogP contribution in [0, 0.1) is 12.8 Å². The third kappa shape index (κ3) is 4.61. The molecule has 2 aromatic heterocycles. The van der Waals surface area contributed by atoms with Gasteiger partial charge in [-0.2, -0.15) is 5.10 Å². The van der Waals surface area contributed by atoms with Crippen molar-refractivity contribution in [3.63, 3.8) is 0 Å². The molecule has 1 aliphatic heterocycles. The van der Waals surface area contributed by atoms with E-state index >= 15 is 0 Å². The van der Waals surface area contributed by atoms with Gasteiger partial charge in [-0.05, 0) is 45.3 Å². The molecule has 3 heterocycles. The number of amides is 1. The lowest BCUT2D eigenvalue weighted by Crippen LogP contribution is -2.40. The first-order valence-corrected chi connectivity index (χ1v) is 9.92. The molecule has 0 saturated carbocycles. The van der Waals surface area contributed by atoms with Crippen molar-refractivity contribution < 1.29 is 4.79 Å². The van der Waals surface area contributed by atoms with Gasteiger partial charge in [0.05, 0.1) is 22.3 Å². The molecule has 4 rings (SSSR count). The van der Waals surface area contributed by atoms with E-state index in [9.17, 15) is 4.79 Å². The average molecular weight is 450 g/mol. The Morgan fingerprint density at radius 1 is 1.17 bits per heavy atom. The zero-order valence-electron chi connectivity index (χ0n) is 17.6. The lowest BCUT2D eigenvalue weighted by molar-refractivity contribution is 0.0693. The zero-order chi connectivity index (χ0) is 19.7. The van der Waals surface area contributed by atoms with E-state index in [4.69, 9.17) is 4.98 Å². The lowest BCUT2D eigenvalue weighted by atomic mass is 9.96. The Balaban J connectivity index is 0.00000160. The number of halogens is 2. The van der Waals surface area contributed by atoms with Crippen LogP contribution >= 0.6 is 24.8 Å². The molecule has 0 atom stereocenters. The zero-order valence-corrected chi connectivity index (χ0v) is 19.2. The van der Waals surface area contributed by atoms with Gasteiger partial charge in [0.2, 0.25) is 0 Å². The number of hydrogen-bond acceptors (Lipinski definition) is 4. The molecule has 1 amide bonds. The highest BCUT2D eigenvalue weighted by atomic mass is 35.5. The molecule has 30 heavy (non-hydrogen) atoms. The number of hydrogen-bond donors (Lipinski definition) is 1. The van der Waals surface area contributed by atoms with Crippen molar-refractivity contribution >= 4 is 41.8 Å². The second-order valence-electron chi connectivity index (χ2n) is 7.62. The topological polar surface area (TPSA) is 63.1 Å². The molecule has 1 saturated heterocycles. The van der Waals surface area contributed by atoms with Gasteiger partial charge in [-0.15, -0.1) is 24.8 Å². The SMILES string of the molecule is CNCC1CCN(C(=O)c2cc(-c3ccccc3)nc3c2c(C)nn3C)CC1.Cl.Cl. The van der Waals surface area contributed by atoms with Gasteiger partial charge in [0.25, 0.3) is 5.91 Å². The highest BCUT2D eigenvalue weighted by molar-refractivity contribution is 6.07. The number of likely N-dealkylation sites (tertiary alicyclic amines) is 1. The summed E-state index contributed by atoms with van der Waals surface area (Å²) in [4.78, 5) is 20.3. The lowest BCUT2D eigenvalue weighted by Gasteiger charge is -2.32. The Hall–Kier alpha value is -2.15. The maximum Gasteiger partial charge on any atom is 0.254 e. The van der Waals surface area contributed by atoms with Gasteiger partial charge in [0.1, 0.15) is 0 Å². The summed E-state index contributed by atoms with van der Waals surface area (Å²) in [5.41, 5.74) is 4.13. The van der Waals surface area contributed by atoms with E-state index in [2.05, 4.69) is 10.4 Å². The van der Waals surface area contributed by atoms with Crippen molar-refractivity contribution in [2.45, 2.75) is 19.8 Å². The first kappa shape index (κ1) is 24.1. The fourth-order valence-corrected chi connectivity index (χ4v) is 4.17. The van der Waals surface area contributed by atoms with Crippen LogP contribution in [-0.2, 0) is 7.05 Å².